The Kier molecular flexibility index (Phi) is 14.5. The largest absolute Gasteiger partial charge is 1.00 e. The van der Waals surface area contributed by atoms with E-state index >= 15 is 0 Å². The molecule has 0 saturated heterocycles. The van der Waals surface area contributed by atoms with Crippen molar-refractivity contribution in [3.63, 3.8) is 0 Å². The first-order valence-electron chi connectivity index (χ1n) is 16.8. The van der Waals surface area contributed by atoms with Crippen LogP contribution in [0.4, 0.5) is 0 Å². The maximum absolute atomic E-state index is 2.36. The van der Waals surface area contributed by atoms with Crippen LogP contribution < -0.4 is 24.8 Å². The second-order valence-corrected chi connectivity index (χ2v) is 23.8. The normalized spacial score (nSPS) is 10.9. The van der Waals surface area contributed by atoms with Crippen LogP contribution in [-0.2, 0) is 28.8 Å². The van der Waals surface area contributed by atoms with Crippen LogP contribution in [-0.4, -0.2) is 5.43 Å². The maximum atomic E-state index is 2.36. The van der Waals surface area contributed by atoms with Gasteiger partial charge in [-0.25, -0.2) is 0 Å². The van der Waals surface area contributed by atoms with E-state index in [0.29, 0.717) is 5.92 Å². The third-order valence-corrected chi connectivity index (χ3v) is 8.83. The van der Waals surface area contributed by atoms with Crippen molar-refractivity contribution < 1.29 is 48.1 Å². The Balaban J connectivity index is 0.000000231. The van der Waals surface area contributed by atoms with Crippen LogP contribution in [0.15, 0.2) is 121 Å². The molecular weight excluding hydrogens is 731 g/mol. The second-order valence-electron chi connectivity index (χ2n) is 14.4. The van der Waals surface area contributed by atoms with Crippen molar-refractivity contribution in [2.75, 3.05) is 0 Å². The molecule has 0 saturated carbocycles. The molecule has 4 heteroatoms. The van der Waals surface area contributed by atoms with Crippen LogP contribution >= 0.6 is 0 Å². The van der Waals surface area contributed by atoms with Crippen molar-refractivity contribution in [3.05, 3.63) is 144 Å². The number of benzene rings is 5. The molecule has 0 aliphatic rings. The smallest absolute Gasteiger partial charge is 0.0132 e. The average Bonchev–Trinajstić information content (AvgIpc) is 3.65. The zero-order valence-corrected chi connectivity index (χ0v) is 35.4. The summed E-state index contributed by atoms with van der Waals surface area (Å²) in [5.74, 6) is 0.563. The van der Waals surface area contributed by atoms with E-state index in [9.17, 15) is 0 Å². The minimum absolute atomic E-state index is 0. The van der Waals surface area contributed by atoms with Gasteiger partial charge in [0.05, 0.1) is 0 Å². The average molecular weight is 779 g/mol. The van der Waals surface area contributed by atoms with Gasteiger partial charge in [-0.2, -0.15) is 12.1 Å². The summed E-state index contributed by atoms with van der Waals surface area (Å²) in [7, 11) is 0. The summed E-state index contributed by atoms with van der Waals surface area (Å²) in [4.78, 5) is 0. The van der Waals surface area contributed by atoms with E-state index in [1.807, 2.05) is 0 Å². The Bertz CT molecular complexity index is 2150. The van der Waals surface area contributed by atoms with Crippen LogP contribution in [0.1, 0.15) is 62.8 Å². The van der Waals surface area contributed by atoms with E-state index < -0.39 is 0 Å². The van der Waals surface area contributed by atoms with Gasteiger partial charge >= 0.3 is 41.9 Å². The van der Waals surface area contributed by atoms with Gasteiger partial charge in [-0.15, -0.1) is 68.6 Å². The van der Waals surface area contributed by atoms with Gasteiger partial charge in [0.25, 0.3) is 0 Å². The van der Waals surface area contributed by atoms with E-state index in [0.717, 1.165) is 0 Å². The van der Waals surface area contributed by atoms with Gasteiger partial charge in [0.1, 0.15) is 0 Å². The number of aryl methyl sites for hydroxylation is 2. The predicted octanol–water partition coefficient (Wildman–Crippen LogP) is 7.43. The molecule has 252 valence electrons. The van der Waals surface area contributed by atoms with Crippen molar-refractivity contribution in [2.24, 2.45) is 0 Å². The van der Waals surface area contributed by atoms with E-state index in [4.69, 9.17) is 0 Å². The molecule has 0 spiro atoms. The molecule has 0 radical (unpaired) electrons. The number of rotatable bonds is 3. The van der Waals surface area contributed by atoms with Gasteiger partial charge in [0.15, 0.2) is 0 Å². The second kappa shape index (κ2) is 17.5. The van der Waals surface area contributed by atoms with Gasteiger partial charge in [-0.1, -0.05) is 138 Å². The Morgan fingerprint density at radius 2 is 1.22 bits per heavy atom. The van der Waals surface area contributed by atoms with Gasteiger partial charge in [0.2, 0.25) is 0 Å². The minimum Gasteiger partial charge on any atom is -1.00 e. The standard InChI is InChI=1S/C22H19.C21H23.C2H6Si.2ClH.Zr/c1-15(2)18-13-17-9-6-12-21(22(17)14-18)20-11-5-8-16-7-3-4-10-19(16)20;1-14-12-19-15(2)6-11-18(20(19)13-14)16-7-9-17(10-8-16)21(3,4)5;1-3-2;;;/h3-15H,1-2H3;6-13H,1-5H3;1-2H3;2*1H;/q2*-1;;;;+2/p-2. The van der Waals surface area contributed by atoms with Crippen LogP contribution in [0.3, 0.4) is 0 Å². The minimum atomic E-state index is 0. The zero-order valence-electron chi connectivity index (χ0n) is 30.4. The molecule has 7 rings (SSSR count). The fraction of sp³-hybridized carbons (Fsp3) is 0.244. The molecule has 0 fully saturated rings. The quantitative estimate of drug-likeness (QED) is 0.129. The van der Waals surface area contributed by atoms with Crippen molar-refractivity contribution >= 4 is 37.8 Å². The Morgan fingerprint density at radius 1 is 0.633 bits per heavy atom. The van der Waals surface area contributed by atoms with Crippen LogP contribution in [0, 0.1) is 13.8 Å². The molecule has 0 bridgehead atoms. The number of halogens is 2. The summed E-state index contributed by atoms with van der Waals surface area (Å²) in [5, 5.41) is 8.08. The first-order valence-corrected chi connectivity index (χ1v) is 23.0. The molecule has 0 aliphatic carbocycles. The third-order valence-electron chi connectivity index (χ3n) is 8.83. The molecule has 7 aromatic carbocycles. The van der Waals surface area contributed by atoms with Crippen LogP contribution in [0.25, 0.3) is 54.6 Å². The maximum Gasteiger partial charge on any atom is -0.0132 e. The molecule has 0 aliphatic heterocycles. The fourth-order valence-corrected chi connectivity index (χ4v) is 6.28. The number of hydrogen-bond donors (Lipinski definition) is 0. The summed E-state index contributed by atoms with van der Waals surface area (Å²) in [6.45, 7) is 20.3. The van der Waals surface area contributed by atoms with E-state index in [-0.39, 0.29) is 35.7 Å². The number of fused-ring (bicyclic) bond motifs is 3. The van der Waals surface area contributed by atoms with Crippen LogP contribution in [0.2, 0.25) is 13.1 Å². The molecule has 0 nitrogen and oxygen atoms in total. The summed E-state index contributed by atoms with van der Waals surface area (Å²) in [6, 6.07) is 44.6. The van der Waals surface area contributed by atoms with Crippen molar-refractivity contribution in [1.82, 2.24) is 0 Å². The van der Waals surface area contributed by atoms with E-state index in [2.05, 4.69) is 183 Å². The fourth-order valence-electron chi connectivity index (χ4n) is 6.28. The van der Waals surface area contributed by atoms with E-state index in [1.54, 1.807) is 23.3 Å². The Labute approximate surface area is 322 Å². The summed E-state index contributed by atoms with van der Waals surface area (Å²) < 4.78 is 0. The Morgan fingerprint density at radius 3 is 1.86 bits per heavy atom. The Hall–Kier alpha value is -2.74. The topological polar surface area (TPSA) is 0 Å². The first kappa shape index (κ1) is 40.7. The van der Waals surface area contributed by atoms with Gasteiger partial charge in [-0.3, -0.25) is 0 Å². The van der Waals surface area contributed by atoms with Gasteiger partial charge in [-0.05, 0) is 38.8 Å². The number of hydrogen-bond acceptors (Lipinski definition) is 0. The summed E-state index contributed by atoms with van der Waals surface area (Å²) in [6.07, 6.45) is 0. The van der Waals surface area contributed by atoms with Gasteiger partial charge in [0, 0.05) is 0 Å². The summed E-state index contributed by atoms with van der Waals surface area (Å²) in [5.41, 5.74) is 11.2. The molecule has 7 aromatic rings. The molecule has 49 heavy (non-hydrogen) atoms. The van der Waals surface area contributed by atoms with Crippen molar-refractivity contribution in [2.45, 2.75) is 72.9 Å². The summed E-state index contributed by atoms with van der Waals surface area (Å²) >= 11 is 1.74. The molecule has 0 heterocycles. The van der Waals surface area contributed by atoms with Gasteiger partial charge < -0.3 is 24.8 Å². The SMILES string of the molecule is CC(C)c1cc2c(-c3cccc4ccccc34)cccc2[cH-]1.C[Si](C)=[Zr+2].Cc1cc2c(-c3ccc(C(C)(C)C)cc3)ccc(C)c2[cH-]1.[Cl-].[Cl-]. The molecular formula is C45H48Cl2SiZr-2. The molecule has 0 unspecified atom stereocenters. The van der Waals surface area contributed by atoms with Crippen molar-refractivity contribution in [1.29, 1.82) is 0 Å². The zero-order chi connectivity index (χ0) is 33.9. The molecule has 0 atom stereocenters. The van der Waals surface area contributed by atoms with Crippen LogP contribution in [0.5, 0.6) is 0 Å². The third kappa shape index (κ3) is 9.74. The van der Waals surface area contributed by atoms with Crippen molar-refractivity contribution in [3.8, 4) is 22.3 Å². The molecule has 0 amide bonds. The monoisotopic (exact) mass is 776 g/mol. The predicted molar refractivity (Wildman–Crippen MR) is 207 cm³/mol. The molecule has 0 N–H and O–H groups in total. The first-order chi connectivity index (χ1) is 22.3. The van der Waals surface area contributed by atoms with E-state index in [1.165, 1.54) is 76.8 Å². The molecule has 0 aromatic heterocycles.